The molecule has 2 heterocycles. The fourth-order valence-corrected chi connectivity index (χ4v) is 3.40. The molecule has 0 spiro atoms. The zero-order valence-electron chi connectivity index (χ0n) is 15.0. The fourth-order valence-electron chi connectivity index (χ4n) is 3.40. The minimum atomic E-state index is -0.282. The molecule has 140 valence electrons. The fraction of sp³-hybridized carbons (Fsp3) is 0.316. The van der Waals surface area contributed by atoms with Gasteiger partial charge < -0.3 is 19.7 Å². The molecule has 8 heteroatoms. The number of carbonyl (C=O) groups is 1. The van der Waals surface area contributed by atoms with Crippen molar-refractivity contribution < 1.29 is 14.3 Å². The summed E-state index contributed by atoms with van der Waals surface area (Å²) in [7, 11) is 1.64. The van der Waals surface area contributed by atoms with E-state index in [0.717, 1.165) is 22.1 Å². The van der Waals surface area contributed by atoms with Gasteiger partial charge in [-0.15, -0.1) is 0 Å². The first-order valence-electron chi connectivity index (χ1n) is 8.80. The first-order valence-corrected chi connectivity index (χ1v) is 8.80. The van der Waals surface area contributed by atoms with Crippen LogP contribution in [0.25, 0.3) is 10.8 Å². The number of hydrogen-bond donors (Lipinski definition) is 2. The number of rotatable bonds is 4. The monoisotopic (exact) mass is 367 g/mol. The van der Waals surface area contributed by atoms with Crippen LogP contribution in [0.2, 0.25) is 0 Å². The minimum Gasteiger partial charge on any atom is -0.496 e. The number of aromatic nitrogens is 3. The Balaban J connectivity index is 1.54. The number of fused-ring (bicyclic) bond motifs is 1. The summed E-state index contributed by atoms with van der Waals surface area (Å²) >= 11 is 0. The smallest absolute Gasteiger partial charge is 0.318 e. The quantitative estimate of drug-likeness (QED) is 0.738. The van der Waals surface area contributed by atoms with E-state index in [2.05, 4.69) is 20.5 Å². The summed E-state index contributed by atoms with van der Waals surface area (Å²) in [5, 5.41) is 11.9. The van der Waals surface area contributed by atoms with E-state index in [9.17, 15) is 4.79 Å². The number of amides is 2. The third kappa shape index (κ3) is 3.43. The van der Waals surface area contributed by atoms with Crippen molar-refractivity contribution in [3.8, 4) is 5.75 Å². The second-order valence-electron chi connectivity index (χ2n) is 6.28. The average Bonchev–Trinajstić information content (AvgIpc) is 3.26. The second kappa shape index (κ2) is 7.63. The number of urea groups is 1. The molecule has 8 nitrogen and oxygen atoms in total. The van der Waals surface area contributed by atoms with Gasteiger partial charge in [-0.05, 0) is 16.8 Å². The van der Waals surface area contributed by atoms with E-state index in [1.807, 2.05) is 36.4 Å². The van der Waals surface area contributed by atoms with Crippen LogP contribution < -0.4 is 10.1 Å². The Labute approximate surface area is 156 Å². The number of carbonyl (C=O) groups excluding carboxylic acids is 1. The van der Waals surface area contributed by atoms with Crippen LogP contribution in [0.5, 0.6) is 5.75 Å². The van der Waals surface area contributed by atoms with E-state index >= 15 is 0 Å². The number of hydrogen-bond acceptors (Lipinski definition) is 5. The average molecular weight is 367 g/mol. The standard InChI is InChI=1S/C19H21N5O3/c1-26-17-7-6-13-4-2-3-5-14(13)15(17)10-20-19(25)24-8-9-27-11-16(24)18-21-12-22-23-18/h2-7,12,16H,8-11H2,1H3,(H,20,25)(H,21,22,23). The normalized spacial score (nSPS) is 17.1. The van der Waals surface area contributed by atoms with Crippen molar-refractivity contribution in [2.45, 2.75) is 12.6 Å². The van der Waals surface area contributed by atoms with Crippen molar-refractivity contribution in [3.05, 3.63) is 54.1 Å². The molecule has 0 saturated carbocycles. The minimum absolute atomic E-state index is 0.172. The molecule has 2 amide bonds. The molecule has 1 aromatic heterocycles. The molecule has 1 saturated heterocycles. The lowest BCUT2D eigenvalue weighted by atomic mass is 10.0. The summed E-state index contributed by atoms with van der Waals surface area (Å²) in [6, 6.07) is 11.5. The predicted octanol–water partition coefficient (Wildman–Crippen LogP) is 2.25. The summed E-state index contributed by atoms with van der Waals surface area (Å²) in [6.07, 6.45) is 1.43. The highest BCUT2D eigenvalue weighted by Crippen LogP contribution is 2.28. The van der Waals surface area contributed by atoms with Crippen LogP contribution >= 0.6 is 0 Å². The van der Waals surface area contributed by atoms with Gasteiger partial charge in [0.25, 0.3) is 0 Å². The summed E-state index contributed by atoms with van der Waals surface area (Å²) in [6.45, 7) is 1.74. The van der Waals surface area contributed by atoms with E-state index in [4.69, 9.17) is 9.47 Å². The lowest BCUT2D eigenvalue weighted by molar-refractivity contribution is 0.00865. The Morgan fingerprint density at radius 3 is 3.07 bits per heavy atom. The lowest BCUT2D eigenvalue weighted by Gasteiger charge is -2.34. The highest BCUT2D eigenvalue weighted by molar-refractivity contribution is 5.88. The van der Waals surface area contributed by atoms with Crippen molar-refractivity contribution in [1.29, 1.82) is 0 Å². The molecule has 1 aliphatic rings. The Bertz CT molecular complexity index is 928. The highest BCUT2D eigenvalue weighted by atomic mass is 16.5. The van der Waals surface area contributed by atoms with Gasteiger partial charge in [0, 0.05) is 18.7 Å². The number of morpholine rings is 1. The third-order valence-corrected chi connectivity index (χ3v) is 4.77. The predicted molar refractivity (Wildman–Crippen MR) is 99.4 cm³/mol. The van der Waals surface area contributed by atoms with Gasteiger partial charge in [0.1, 0.15) is 23.9 Å². The van der Waals surface area contributed by atoms with Gasteiger partial charge >= 0.3 is 6.03 Å². The Hall–Kier alpha value is -3.13. The van der Waals surface area contributed by atoms with Crippen molar-refractivity contribution in [1.82, 2.24) is 25.4 Å². The summed E-state index contributed by atoms with van der Waals surface area (Å²) < 4.78 is 11.0. The van der Waals surface area contributed by atoms with Crippen molar-refractivity contribution in [2.75, 3.05) is 26.9 Å². The SMILES string of the molecule is COc1ccc2ccccc2c1CNC(=O)N1CCOCC1c1ncn[nH]1. The first-order chi connectivity index (χ1) is 13.3. The Morgan fingerprint density at radius 2 is 2.26 bits per heavy atom. The van der Waals surface area contributed by atoms with Crippen LogP contribution in [0.1, 0.15) is 17.4 Å². The van der Waals surface area contributed by atoms with Crippen molar-refractivity contribution in [2.24, 2.45) is 0 Å². The van der Waals surface area contributed by atoms with Crippen molar-refractivity contribution in [3.63, 3.8) is 0 Å². The third-order valence-electron chi connectivity index (χ3n) is 4.77. The van der Waals surface area contributed by atoms with Crippen LogP contribution in [-0.2, 0) is 11.3 Å². The summed E-state index contributed by atoms with van der Waals surface area (Å²) in [5.74, 6) is 1.37. The maximum absolute atomic E-state index is 12.9. The van der Waals surface area contributed by atoms with Crippen molar-refractivity contribution >= 4 is 16.8 Å². The maximum atomic E-state index is 12.9. The molecule has 3 aromatic rings. The van der Waals surface area contributed by atoms with E-state index in [-0.39, 0.29) is 12.1 Å². The van der Waals surface area contributed by atoms with Gasteiger partial charge in [0.15, 0.2) is 0 Å². The molecular weight excluding hydrogens is 346 g/mol. The summed E-state index contributed by atoms with van der Waals surface area (Å²) in [4.78, 5) is 18.8. The number of methoxy groups -OCH3 is 1. The largest absolute Gasteiger partial charge is 0.496 e. The molecule has 1 unspecified atom stereocenters. The van der Waals surface area contributed by atoms with Crippen LogP contribution in [-0.4, -0.2) is 53.0 Å². The maximum Gasteiger partial charge on any atom is 0.318 e. The molecule has 0 radical (unpaired) electrons. The molecule has 1 fully saturated rings. The second-order valence-corrected chi connectivity index (χ2v) is 6.28. The van der Waals surface area contributed by atoms with Crippen LogP contribution in [0, 0.1) is 0 Å². The van der Waals surface area contributed by atoms with Gasteiger partial charge in [-0.1, -0.05) is 30.3 Å². The van der Waals surface area contributed by atoms with Gasteiger partial charge in [0.2, 0.25) is 0 Å². The van der Waals surface area contributed by atoms with E-state index in [1.54, 1.807) is 12.0 Å². The zero-order valence-corrected chi connectivity index (χ0v) is 15.0. The number of benzene rings is 2. The molecule has 1 aliphatic heterocycles. The molecule has 4 rings (SSSR count). The van der Waals surface area contributed by atoms with Gasteiger partial charge in [0.05, 0.1) is 20.3 Å². The van der Waals surface area contributed by atoms with E-state index in [0.29, 0.717) is 32.1 Å². The van der Waals surface area contributed by atoms with Crippen LogP contribution in [0.4, 0.5) is 4.79 Å². The topological polar surface area (TPSA) is 92.4 Å². The molecule has 0 bridgehead atoms. The molecule has 27 heavy (non-hydrogen) atoms. The number of nitrogens with one attached hydrogen (secondary N) is 2. The van der Waals surface area contributed by atoms with Gasteiger partial charge in [-0.2, -0.15) is 5.10 Å². The molecule has 2 N–H and O–H groups in total. The van der Waals surface area contributed by atoms with Crippen LogP contribution in [0.3, 0.4) is 0 Å². The molecule has 1 atom stereocenters. The number of H-pyrrole nitrogens is 1. The van der Waals surface area contributed by atoms with E-state index in [1.165, 1.54) is 6.33 Å². The molecule has 2 aromatic carbocycles. The van der Waals surface area contributed by atoms with Crippen LogP contribution in [0.15, 0.2) is 42.7 Å². The van der Waals surface area contributed by atoms with Gasteiger partial charge in [-0.3, -0.25) is 5.10 Å². The van der Waals surface area contributed by atoms with Gasteiger partial charge in [-0.25, -0.2) is 9.78 Å². The molecular formula is C19H21N5O3. The number of aromatic amines is 1. The van der Waals surface area contributed by atoms with E-state index < -0.39 is 0 Å². The number of nitrogens with zero attached hydrogens (tertiary/aromatic N) is 3. The number of ether oxygens (including phenoxy) is 2. The lowest BCUT2D eigenvalue weighted by Crippen LogP contribution is -2.48. The Morgan fingerprint density at radius 1 is 1.37 bits per heavy atom. The summed E-state index contributed by atoms with van der Waals surface area (Å²) in [5.41, 5.74) is 0.952. The zero-order chi connectivity index (χ0) is 18.6. The highest BCUT2D eigenvalue weighted by Gasteiger charge is 2.30. The first kappa shape index (κ1) is 17.3. The Kier molecular flexibility index (Phi) is 4.88. The molecule has 0 aliphatic carbocycles.